The Morgan fingerprint density at radius 2 is 1.79 bits per heavy atom. The molecule has 0 bridgehead atoms. The number of aryl methyl sites for hydroxylation is 1. The van der Waals surface area contributed by atoms with E-state index in [1.807, 2.05) is 30.3 Å². The number of nitrogens with zero attached hydrogens (tertiary/aromatic N) is 3. The number of nitrogens with one attached hydrogen (secondary N) is 1. The molecule has 2 amide bonds. The molecule has 0 spiro atoms. The van der Waals surface area contributed by atoms with E-state index in [-0.39, 0.29) is 17.8 Å². The van der Waals surface area contributed by atoms with Gasteiger partial charge in [-0.2, -0.15) is 0 Å². The number of carbonyl (C=O) groups excluding carboxylic acids is 3. The largest absolute Gasteiger partial charge is 0.363 e. The first-order chi connectivity index (χ1) is 13.6. The Bertz CT molecular complexity index is 972. The van der Waals surface area contributed by atoms with Gasteiger partial charge in [0.05, 0.1) is 11.7 Å². The first-order valence-electron chi connectivity index (χ1n) is 8.48. The molecule has 0 saturated carbocycles. The molecule has 0 saturated heterocycles. The molecular formula is C19H17N5O4. The second kappa shape index (κ2) is 8.67. The van der Waals surface area contributed by atoms with Gasteiger partial charge in [0.25, 0.3) is 11.8 Å². The van der Waals surface area contributed by atoms with Crippen LogP contribution < -0.4 is 11.1 Å². The topological polar surface area (TPSA) is 141 Å². The van der Waals surface area contributed by atoms with E-state index in [1.165, 1.54) is 6.20 Å². The number of carbonyl (C=O) groups is 3. The van der Waals surface area contributed by atoms with Crippen LogP contribution in [0.2, 0.25) is 0 Å². The minimum Gasteiger partial charge on any atom is -0.363 e. The highest BCUT2D eigenvalue weighted by molar-refractivity contribution is 6.38. The summed E-state index contributed by atoms with van der Waals surface area (Å²) in [5, 5.41) is 9.81. The van der Waals surface area contributed by atoms with E-state index in [2.05, 4.69) is 25.2 Å². The lowest BCUT2D eigenvalue weighted by Gasteiger charge is -2.15. The number of hydrogen-bond donors (Lipinski definition) is 2. The molecule has 2 aromatic heterocycles. The Kier molecular flexibility index (Phi) is 5.85. The number of pyridine rings is 1. The monoisotopic (exact) mass is 379 g/mol. The van der Waals surface area contributed by atoms with E-state index >= 15 is 0 Å². The quantitative estimate of drug-likeness (QED) is 0.554. The first kappa shape index (κ1) is 18.9. The van der Waals surface area contributed by atoms with Crippen molar-refractivity contribution in [1.82, 2.24) is 20.6 Å². The van der Waals surface area contributed by atoms with Gasteiger partial charge in [0.1, 0.15) is 0 Å². The van der Waals surface area contributed by atoms with Gasteiger partial charge in [-0.1, -0.05) is 36.4 Å². The van der Waals surface area contributed by atoms with E-state index in [4.69, 9.17) is 5.73 Å². The minimum atomic E-state index is -1.12. The molecule has 1 unspecified atom stereocenters. The molecule has 3 aromatic rings. The highest BCUT2D eigenvalue weighted by Gasteiger charge is 2.28. The summed E-state index contributed by atoms with van der Waals surface area (Å²) in [7, 11) is 0. The molecule has 3 rings (SSSR count). The smallest absolute Gasteiger partial charge is 0.287 e. The SMILES string of the molecule is NC(=O)C(=O)C(CCc1ccccc1)NC(=O)c1nonc1-c1ccccn1. The van der Waals surface area contributed by atoms with Gasteiger partial charge in [0, 0.05) is 6.20 Å². The standard InChI is InChI=1S/C19H17N5O4/c20-18(26)17(25)14(10-9-12-6-2-1-3-7-12)22-19(27)16-15(23-28-24-16)13-8-4-5-11-21-13/h1-8,11,14H,9-10H2,(H2,20,26)(H,22,27). The van der Waals surface area contributed by atoms with Crippen LogP contribution in [0.3, 0.4) is 0 Å². The van der Waals surface area contributed by atoms with Crippen LogP contribution in [0.15, 0.2) is 59.4 Å². The summed E-state index contributed by atoms with van der Waals surface area (Å²) in [6.45, 7) is 0. The van der Waals surface area contributed by atoms with Crippen molar-refractivity contribution in [3.8, 4) is 11.4 Å². The van der Waals surface area contributed by atoms with Gasteiger partial charge in [0.15, 0.2) is 5.69 Å². The van der Waals surface area contributed by atoms with Crippen LogP contribution in [0, 0.1) is 0 Å². The van der Waals surface area contributed by atoms with E-state index in [1.54, 1.807) is 18.2 Å². The lowest BCUT2D eigenvalue weighted by atomic mass is 10.0. The summed E-state index contributed by atoms with van der Waals surface area (Å²) in [5.41, 5.74) is 6.46. The Labute approximate surface area is 159 Å². The number of ketones is 1. The van der Waals surface area contributed by atoms with Crippen LogP contribution >= 0.6 is 0 Å². The molecule has 28 heavy (non-hydrogen) atoms. The number of nitrogens with two attached hydrogens (primary N) is 1. The number of rotatable bonds is 8. The molecule has 0 aliphatic rings. The number of primary amides is 1. The van der Waals surface area contributed by atoms with Gasteiger partial charge < -0.3 is 11.1 Å². The fourth-order valence-corrected chi connectivity index (χ4v) is 2.63. The van der Waals surface area contributed by atoms with E-state index in [9.17, 15) is 14.4 Å². The van der Waals surface area contributed by atoms with Crippen molar-refractivity contribution in [3.63, 3.8) is 0 Å². The Balaban J connectivity index is 1.77. The van der Waals surface area contributed by atoms with Crippen LogP contribution in [-0.2, 0) is 16.0 Å². The van der Waals surface area contributed by atoms with Crippen LogP contribution in [0.5, 0.6) is 0 Å². The second-order valence-corrected chi connectivity index (χ2v) is 5.96. The summed E-state index contributed by atoms with van der Waals surface area (Å²) >= 11 is 0. The summed E-state index contributed by atoms with van der Waals surface area (Å²) in [4.78, 5) is 40.3. The number of Topliss-reactive ketones (excluding diaryl/α,β-unsaturated/α-hetero) is 1. The Morgan fingerprint density at radius 1 is 1.04 bits per heavy atom. The van der Waals surface area contributed by atoms with Crippen molar-refractivity contribution >= 4 is 17.6 Å². The van der Waals surface area contributed by atoms with E-state index in [0.717, 1.165) is 5.56 Å². The summed E-state index contributed by atoms with van der Waals surface area (Å²) < 4.78 is 4.66. The predicted octanol–water partition coefficient (Wildman–Crippen LogP) is 0.917. The molecular weight excluding hydrogens is 362 g/mol. The van der Waals surface area contributed by atoms with E-state index in [0.29, 0.717) is 12.1 Å². The number of hydrogen-bond acceptors (Lipinski definition) is 7. The molecule has 0 fully saturated rings. The van der Waals surface area contributed by atoms with Crippen LogP contribution in [-0.4, -0.2) is 38.9 Å². The van der Waals surface area contributed by atoms with Crippen molar-refractivity contribution in [2.45, 2.75) is 18.9 Å². The molecule has 1 atom stereocenters. The maximum atomic E-state index is 12.6. The van der Waals surface area contributed by atoms with Gasteiger partial charge in [-0.15, -0.1) is 0 Å². The zero-order valence-corrected chi connectivity index (χ0v) is 14.7. The number of benzene rings is 1. The fourth-order valence-electron chi connectivity index (χ4n) is 2.63. The lowest BCUT2D eigenvalue weighted by molar-refractivity contribution is -0.137. The molecule has 0 radical (unpaired) electrons. The predicted molar refractivity (Wildman–Crippen MR) is 97.7 cm³/mol. The molecule has 2 heterocycles. The first-order valence-corrected chi connectivity index (χ1v) is 8.48. The normalized spacial score (nSPS) is 11.6. The molecule has 1 aromatic carbocycles. The third kappa shape index (κ3) is 4.44. The summed E-state index contributed by atoms with van der Waals surface area (Å²) in [6, 6.07) is 13.3. The van der Waals surface area contributed by atoms with Gasteiger partial charge in [0.2, 0.25) is 11.5 Å². The third-order valence-electron chi connectivity index (χ3n) is 4.04. The van der Waals surface area contributed by atoms with Gasteiger partial charge in [-0.05, 0) is 40.9 Å². The van der Waals surface area contributed by atoms with Crippen LogP contribution in [0.1, 0.15) is 22.5 Å². The van der Waals surface area contributed by atoms with Crippen LogP contribution in [0.4, 0.5) is 0 Å². The van der Waals surface area contributed by atoms with Crippen molar-refractivity contribution in [2.24, 2.45) is 5.73 Å². The highest BCUT2D eigenvalue weighted by atomic mass is 16.6. The molecule has 142 valence electrons. The van der Waals surface area contributed by atoms with E-state index < -0.39 is 23.6 Å². The maximum absolute atomic E-state index is 12.6. The fraction of sp³-hybridized carbons (Fsp3) is 0.158. The minimum absolute atomic E-state index is 0.131. The lowest BCUT2D eigenvalue weighted by Crippen LogP contribution is -2.46. The number of aromatic nitrogens is 3. The maximum Gasteiger partial charge on any atom is 0.287 e. The Hall–Kier alpha value is -3.88. The zero-order chi connectivity index (χ0) is 19.9. The second-order valence-electron chi connectivity index (χ2n) is 5.96. The van der Waals surface area contributed by atoms with Crippen molar-refractivity contribution < 1.29 is 19.0 Å². The summed E-state index contributed by atoms with van der Waals surface area (Å²) in [6.07, 6.45) is 2.20. The van der Waals surface area contributed by atoms with Crippen molar-refractivity contribution in [3.05, 3.63) is 66.0 Å². The van der Waals surface area contributed by atoms with Crippen molar-refractivity contribution in [1.29, 1.82) is 0 Å². The zero-order valence-electron chi connectivity index (χ0n) is 14.7. The average molecular weight is 379 g/mol. The average Bonchev–Trinajstić information content (AvgIpc) is 3.22. The number of amides is 2. The third-order valence-corrected chi connectivity index (χ3v) is 4.04. The molecule has 9 heteroatoms. The van der Waals surface area contributed by atoms with Gasteiger partial charge >= 0.3 is 0 Å². The van der Waals surface area contributed by atoms with Crippen molar-refractivity contribution in [2.75, 3.05) is 0 Å². The Morgan fingerprint density at radius 3 is 2.46 bits per heavy atom. The molecule has 0 aliphatic carbocycles. The molecule has 9 nitrogen and oxygen atoms in total. The summed E-state index contributed by atoms with van der Waals surface area (Å²) in [5.74, 6) is -2.73. The highest BCUT2D eigenvalue weighted by Crippen LogP contribution is 2.17. The van der Waals surface area contributed by atoms with Gasteiger partial charge in [-0.3, -0.25) is 19.4 Å². The molecule has 3 N–H and O–H groups in total. The van der Waals surface area contributed by atoms with Gasteiger partial charge in [-0.25, -0.2) is 4.63 Å². The van der Waals surface area contributed by atoms with Crippen LogP contribution in [0.25, 0.3) is 11.4 Å². The molecule has 0 aliphatic heterocycles.